The lowest BCUT2D eigenvalue weighted by atomic mass is 10.1. The number of nitrogens with one attached hydrogen (secondary N) is 1. The van der Waals surface area contributed by atoms with Crippen LogP contribution in [0.3, 0.4) is 0 Å². The Kier molecular flexibility index (Phi) is 5.62. The van der Waals surface area contributed by atoms with Gasteiger partial charge in [-0.25, -0.2) is 0 Å². The smallest absolute Gasteiger partial charge is 0.306 e. The number of rotatable bonds is 5. The van der Waals surface area contributed by atoms with E-state index >= 15 is 0 Å². The summed E-state index contributed by atoms with van der Waals surface area (Å²) in [5.41, 5.74) is 0.378. The molecule has 0 fully saturated rings. The largest absolute Gasteiger partial charge is 0.481 e. The normalized spacial score (nSPS) is 11.9. The van der Waals surface area contributed by atoms with E-state index in [1.54, 1.807) is 25.1 Å². The van der Waals surface area contributed by atoms with E-state index in [1.807, 2.05) is 0 Å². The zero-order chi connectivity index (χ0) is 13.7. The molecule has 18 heavy (non-hydrogen) atoms. The highest BCUT2D eigenvalue weighted by Gasteiger charge is 2.13. The van der Waals surface area contributed by atoms with Crippen LogP contribution in [0.25, 0.3) is 0 Å². The molecule has 2 N–H and O–H groups in total. The summed E-state index contributed by atoms with van der Waals surface area (Å²) >= 11 is 9.18. The van der Waals surface area contributed by atoms with Crippen molar-refractivity contribution in [2.24, 2.45) is 5.92 Å². The van der Waals surface area contributed by atoms with Gasteiger partial charge in [0, 0.05) is 11.0 Å². The third kappa shape index (κ3) is 4.31. The van der Waals surface area contributed by atoms with Crippen molar-refractivity contribution >= 4 is 39.4 Å². The van der Waals surface area contributed by atoms with E-state index in [-0.39, 0.29) is 5.91 Å². The molecular weight excluding hydrogens is 321 g/mol. The third-order valence-electron chi connectivity index (χ3n) is 2.46. The molecule has 1 aromatic carbocycles. The first kappa shape index (κ1) is 15.0. The van der Waals surface area contributed by atoms with Gasteiger partial charge in [-0.15, -0.1) is 0 Å². The molecule has 0 bridgehead atoms. The monoisotopic (exact) mass is 333 g/mol. The standard InChI is InChI=1S/C12H13BrClNO3/c1-7(12(17)18)4-5-15-11(16)9-3-2-8(13)6-10(9)14/h2-3,6-7H,4-5H2,1H3,(H,15,16)(H,17,18). The molecule has 0 aromatic heterocycles. The Morgan fingerprint density at radius 1 is 1.50 bits per heavy atom. The zero-order valence-electron chi connectivity index (χ0n) is 9.74. The van der Waals surface area contributed by atoms with Gasteiger partial charge in [0.15, 0.2) is 0 Å². The van der Waals surface area contributed by atoms with Crippen LogP contribution in [-0.2, 0) is 4.79 Å². The highest BCUT2D eigenvalue weighted by atomic mass is 79.9. The van der Waals surface area contributed by atoms with Crippen molar-refractivity contribution in [1.82, 2.24) is 5.32 Å². The Balaban J connectivity index is 2.53. The molecule has 1 rings (SSSR count). The molecule has 0 radical (unpaired) electrons. The minimum absolute atomic E-state index is 0.301. The SMILES string of the molecule is CC(CCNC(=O)c1ccc(Br)cc1Cl)C(=O)O. The van der Waals surface area contributed by atoms with Crippen LogP contribution in [0, 0.1) is 5.92 Å². The fourth-order valence-corrected chi connectivity index (χ4v) is 2.05. The molecule has 98 valence electrons. The molecule has 1 amide bonds. The number of carbonyl (C=O) groups is 2. The summed E-state index contributed by atoms with van der Waals surface area (Å²) < 4.78 is 0.795. The van der Waals surface area contributed by atoms with Crippen LogP contribution in [0.5, 0.6) is 0 Å². The fourth-order valence-electron chi connectivity index (χ4n) is 1.29. The maximum Gasteiger partial charge on any atom is 0.306 e. The molecule has 1 atom stereocenters. The Morgan fingerprint density at radius 2 is 2.17 bits per heavy atom. The summed E-state index contributed by atoms with van der Waals surface area (Å²) in [5, 5.41) is 11.7. The van der Waals surface area contributed by atoms with Gasteiger partial charge < -0.3 is 10.4 Å². The van der Waals surface area contributed by atoms with Crippen molar-refractivity contribution in [2.75, 3.05) is 6.54 Å². The van der Waals surface area contributed by atoms with Gasteiger partial charge in [0.25, 0.3) is 5.91 Å². The molecule has 6 heteroatoms. The Hall–Kier alpha value is -1.07. The van der Waals surface area contributed by atoms with E-state index < -0.39 is 11.9 Å². The highest BCUT2D eigenvalue weighted by molar-refractivity contribution is 9.10. The maximum atomic E-state index is 11.8. The van der Waals surface area contributed by atoms with Crippen molar-refractivity contribution in [2.45, 2.75) is 13.3 Å². The van der Waals surface area contributed by atoms with Crippen LogP contribution in [0.1, 0.15) is 23.7 Å². The van der Waals surface area contributed by atoms with E-state index in [2.05, 4.69) is 21.2 Å². The summed E-state index contributed by atoms with van der Waals surface area (Å²) in [6, 6.07) is 4.97. The minimum atomic E-state index is -0.870. The fraction of sp³-hybridized carbons (Fsp3) is 0.333. The molecule has 0 aliphatic carbocycles. The molecule has 1 aromatic rings. The molecule has 0 heterocycles. The van der Waals surface area contributed by atoms with E-state index in [1.165, 1.54) is 0 Å². The first-order valence-corrected chi connectivity index (χ1v) is 6.55. The summed E-state index contributed by atoms with van der Waals surface area (Å²) in [5.74, 6) is -1.65. The zero-order valence-corrected chi connectivity index (χ0v) is 12.1. The van der Waals surface area contributed by atoms with Gasteiger partial charge in [-0.05, 0) is 24.6 Å². The molecule has 0 aliphatic heterocycles. The van der Waals surface area contributed by atoms with Crippen molar-refractivity contribution in [3.05, 3.63) is 33.3 Å². The van der Waals surface area contributed by atoms with E-state index in [4.69, 9.17) is 16.7 Å². The van der Waals surface area contributed by atoms with Crippen molar-refractivity contribution in [1.29, 1.82) is 0 Å². The molecule has 0 spiro atoms. The second kappa shape index (κ2) is 6.75. The lowest BCUT2D eigenvalue weighted by Gasteiger charge is -2.09. The average molecular weight is 335 g/mol. The second-order valence-corrected chi connectivity index (χ2v) is 5.23. The number of halogens is 2. The topological polar surface area (TPSA) is 66.4 Å². The van der Waals surface area contributed by atoms with Gasteiger partial charge in [0.1, 0.15) is 0 Å². The number of aliphatic carboxylic acids is 1. The molecule has 4 nitrogen and oxygen atoms in total. The molecule has 0 aliphatic rings. The van der Waals surface area contributed by atoms with Gasteiger partial charge >= 0.3 is 5.97 Å². The van der Waals surface area contributed by atoms with Crippen LogP contribution in [0.15, 0.2) is 22.7 Å². The molecule has 1 unspecified atom stereocenters. The quantitative estimate of drug-likeness (QED) is 0.870. The Bertz CT molecular complexity index is 465. The van der Waals surface area contributed by atoms with Gasteiger partial charge in [-0.1, -0.05) is 34.5 Å². The Labute approximate surface area is 118 Å². The van der Waals surface area contributed by atoms with Crippen LogP contribution in [0.2, 0.25) is 5.02 Å². The van der Waals surface area contributed by atoms with Crippen molar-refractivity contribution in [3.63, 3.8) is 0 Å². The number of hydrogen-bond donors (Lipinski definition) is 2. The van der Waals surface area contributed by atoms with E-state index in [0.717, 1.165) is 4.47 Å². The lowest BCUT2D eigenvalue weighted by molar-refractivity contribution is -0.141. The number of amides is 1. The average Bonchev–Trinajstić information content (AvgIpc) is 2.28. The highest BCUT2D eigenvalue weighted by Crippen LogP contribution is 2.21. The number of hydrogen-bond acceptors (Lipinski definition) is 2. The first-order valence-electron chi connectivity index (χ1n) is 5.38. The number of carboxylic acid groups (broad SMARTS) is 1. The summed E-state index contributed by atoms with van der Waals surface area (Å²) in [4.78, 5) is 22.4. The molecule has 0 saturated heterocycles. The second-order valence-electron chi connectivity index (χ2n) is 3.91. The van der Waals surface area contributed by atoms with Gasteiger partial charge in [-0.2, -0.15) is 0 Å². The molecular formula is C12H13BrClNO3. The van der Waals surface area contributed by atoms with Crippen molar-refractivity contribution < 1.29 is 14.7 Å². The summed E-state index contributed by atoms with van der Waals surface area (Å²) in [6.45, 7) is 1.90. The van der Waals surface area contributed by atoms with Crippen LogP contribution >= 0.6 is 27.5 Å². The minimum Gasteiger partial charge on any atom is -0.481 e. The van der Waals surface area contributed by atoms with Gasteiger partial charge in [0.05, 0.1) is 16.5 Å². The van der Waals surface area contributed by atoms with Crippen LogP contribution in [0.4, 0.5) is 0 Å². The third-order valence-corrected chi connectivity index (χ3v) is 3.27. The predicted molar refractivity (Wildman–Crippen MR) is 72.9 cm³/mol. The maximum absolute atomic E-state index is 11.8. The molecule has 0 saturated carbocycles. The first-order chi connectivity index (χ1) is 8.41. The van der Waals surface area contributed by atoms with Crippen LogP contribution in [-0.4, -0.2) is 23.5 Å². The number of carbonyl (C=O) groups excluding carboxylic acids is 1. The van der Waals surface area contributed by atoms with Gasteiger partial charge in [0.2, 0.25) is 0 Å². The van der Waals surface area contributed by atoms with Gasteiger partial charge in [-0.3, -0.25) is 9.59 Å². The summed E-state index contributed by atoms with van der Waals surface area (Å²) in [6.07, 6.45) is 0.384. The lowest BCUT2D eigenvalue weighted by Crippen LogP contribution is -2.27. The summed E-state index contributed by atoms with van der Waals surface area (Å²) in [7, 11) is 0. The van der Waals surface area contributed by atoms with E-state index in [9.17, 15) is 9.59 Å². The van der Waals surface area contributed by atoms with E-state index in [0.29, 0.717) is 23.6 Å². The van der Waals surface area contributed by atoms with Crippen LogP contribution < -0.4 is 5.32 Å². The predicted octanol–water partition coefficient (Wildman–Crippen LogP) is 2.94. The van der Waals surface area contributed by atoms with Crippen molar-refractivity contribution in [3.8, 4) is 0 Å². The Morgan fingerprint density at radius 3 is 2.72 bits per heavy atom. The number of benzene rings is 1. The number of carboxylic acids is 1.